The van der Waals surface area contributed by atoms with Gasteiger partial charge in [0.25, 0.3) is 15.9 Å². The topological polar surface area (TPSA) is 147 Å². The van der Waals surface area contributed by atoms with Crippen LogP contribution < -0.4 is 20.1 Å². The maximum atomic E-state index is 12.8. The van der Waals surface area contributed by atoms with Crippen LogP contribution in [0.15, 0.2) is 58.1 Å². The molecule has 4 aromatic rings. The zero-order chi connectivity index (χ0) is 27.6. The second-order valence-corrected chi connectivity index (χ2v) is 11.1. The number of nitrogens with two attached hydrogens (primary N) is 1. The molecule has 0 unspecified atom stereocenters. The monoisotopic (exact) mass is 552 g/mol. The number of hydrogen-bond acceptors (Lipinski definition) is 8. The van der Waals surface area contributed by atoms with Crippen LogP contribution in [-0.4, -0.2) is 68.7 Å². The van der Waals surface area contributed by atoms with Gasteiger partial charge in [0.1, 0.15) is 11.4 Å². The lowest BCUT2D eigenvalue weighted by atomic mass is 10.1. The number of rotatable bonds is 9. The number of H-pyrrole nitrogens is 1. The minimum atomic E-state index is -3.81. The predicted octanol–water partition coefficient (Wildman–Crippen LogP) is 2.80. The van der Waals surface area contributed by atoms with E-state index in [4.69, 9.17) is 15.0 Å². The van der Waals surface area contributed by atoms with Gasteiger partial charge in [-0.1, -0.05) is 5.16 Å². The fourth-order valence-electron chi connectivity index (χ4n) is 4.86. The van der Waals surface area contributed by atoms with Crippen LogP contribution in [0.25, 0.3) is 10.9 Å². The third kappa shape index (κ3) is 5.71. The van der Waals surface area contributed by atoms with Gasteiger partial charge in [-0.2, -0.15) is 0 Å². The first-order valence-electron chi connectivity index (χ1n) is 12.8. The number of aromatic amines is 1. The molecule has 39 heavy (non-hydrogen) atoms. The summed E-state index contributed by atoms with van der Waals surface area (Å²) in [5.74, 6) is 0.834. The van der Waals surface area contributed by atoms with E-state index in [1.165, 1.54) is 0 Å². The van der Waals surface area contributed by atoms with Crippen LogP contribution in [0, 0.1) is 13.8 Å². The van der Waals surface area contributed by atoms with Gasteiger partial charge in [0.15, 0.2) is 17.3 Å². The first kappa shape index (κ1) is 26.6. The molecule has 0 aliphatic carbocycles. The molecule has 1 aliphatic heterocycles. The standard InChI is InChI=1S/C27H32N6O5S/c1-18-27(19(2)38-30-18)39(35,36)31-21-3-5-22(6-4-21)32-11-13-33(14-12-32)26(34)17-37-23-7-8-25-24(15-23)20(9-10-28)16-29-25/h3-8,15-16,29,31H,9-14,17,28H2,1-2H3. The van der Waals surface area contributed by atoms with Gasteiger partial charge in [-0.3, -0.25) is 9.52 Å². The van der Waals surface area contributed by atoms with E-state index in [-0.39, 0.29) is 23.2 Å². The Hall–Kier alpha value is -4.03. The van der Waals surface area contributed by atoms with E-state index < -0.39 is 10.0 Å². The molecule has 0 spiro atoms. The summed E-state index contributed by atoms with van der Waals surface area (Å²) in [5, 5.41) is 4.78. The van der Waals surface area contributed by atoms with Crippen molar-refractivity contribution in [1.29, 1.82) is 0 Å². The minimum absolute atomic E-state index is 0.0257. The highest BCUT2D eigenvalue weighted by atomic mass is 32.2. The van der Waals surface area contributed by atoms with Gasteiger partial charge in [0, 0.05) is 54.7 Å². The molecule has 2 aromatic carbocycles. The maximum absolute atomic E-state index is 12.8. The number of ether oxygens (including phenoxy) is 1. The van der Waals surface area contributed by atoms with Crippen molar-refractivity contribution in [2.75, 3.05) is 49.0 Å². The summed E-state index contributed by atoms with van der Waals surface area (Å²) in [4.78, 5) is 20.1. The number of aromatic nitrogens is 2. The van der Waals surface area contributed by atoms with Crippen LogP contribution in [0.2, 0.25) is 0 Å². The number of aryl methyl sites for hydroxylation is 2. The van der Waals surface area contributed by atoms with Crippen LogP contribution in [0.3, 0.4) is 0 Å². The number of carbonyl (C=O) groups is 1. The molecule has 11 nitrogen and oxygen atoms in total. The second kappa shape index (κ2) is 11.0. The summed E-state index contributed by atoms with van der Waals surface area (Å²) in [6, 6.07) is 12.9. The first-order chi connectivity index (χ1) is 18.7. The van der Waals surface area contributed by atoms with Crippen molar-refractivity contribution in [3.8, 4) is 5.75 Å². The van der Waals surface area contributed by atoms with Gasteiger partial charge >= 0.3 is 0 Å². The maximum Gasteiger partial charge on any atom is 0.267 e. The molecule has 0 radical (unpaired) electrons. The number of amides is 1. The molecule has 1 fully saturated rings. The number of benzene rings is 2. The number of sulfonamides is 1. The highest BCUT2D eigenvalue weighted by molar-refractivity contribution is 7.92. The lowest BCUT2D eigenvalue weighted by Gasteiger charge is -2.36. The third-order valence-electron chi connectivity index (χ3n) is 6.87. The van der Waals surface area contributed by atoms with Gasteiger partial charge < -0.3 is 29.8 Å². The van der Waals surface area contributed by atoms with E-state index in [2.05, 4.69) is 19.8 Å². The van der Waals surface area contributed by atoms with Crippen molar-refractivity contribution >= 4 is 38.2 Å². The molecule has 2 aromatic heterocycles. The van der Waals surface area contributed by atoms with Crippen LogP contribution in [0.1, 0.15) is 17.0 Å². The molecular weight excluding hydrogens is 520 g/mol. The van der Waals surface area contributed by atoms with E-state index in [9.17, 15) is 13.2 Å². The molecule has 0 saturated carbocycles. The van der Waals surface area contributed by atoms with Crippen molar-refractivity contribution in [2.24, 2.45) is 5.73 Å². The van der Waals surface area contributed by atoms with Crippen molar-refractivity contribution in [3.63, 3.8) is 0 Å². The molecular formula is C27H32N6O5S. The van der Waals surface area contributed by atoms with Crippen LogP contribution >= 0.6 is 0 Å². The minimum Gasteiger partial charge on any atom is -0.484 e. The summed E-state index contributed by atoms with van der Waals surface area (Å²) in [6.07, 6.45) is 2.73. The first-order valence-corrected chi connectivity index (χ1v) is 14.2. The van der Waals surface area contributed by atoms with Gasteiger partial charge in [-0.05, 0) is 74.8 Å². The SMILES string of the molecule is Cc1noc(C)c1S(=O)(=O)Nc1ccc(N2CCN(C(=O)COc3ccc4[nH]cc(CCN)c4c3)CC2)cc1. The molecule has 0 bridgehead atoms. The molecule has 5 rings (SSSR count). The van der Waals surface area contributed by atoms with E-state index in [1.54, 1.807) is 30.9 Å². The zero-order valence-electron chi connectivity index (χ0n) is 21.9. The Bertz CT molecular complexity index is 1550. The highest BCUT2D eigenvalue weighted by Crippen LogP contribution is 2.26. The fourth-order valence-corrected chi connectivity index (χ4v) is 6.26. The Morgan fingerprint density at radius 1 is 1.13 bits per heavy atom. The smallest absolute Gasteiger partial charge is 0.267 e. The number of carbonyl (C=O) groups excluding carboxylic acids is 1. The second-order valence-electron chi connectivity index (χ2n) is 9.52. The number of nitrogens with zero attached hydrogens (tertiary/aromatic N) is 3. The van der Waals surface area contributed by atoms with Crippen LogP contribution in [0.4, 0.5) is 11.4 Å². The summed E-state index contributed by atoms with van der Waals surface area (Å²) in [5.41, 5.74) is 9.55. The average molecular weight is 553 g/mol. The van der Waals surface area contributed by atoms with Crippen molar-refractivity contribution in [3.05, 3.63) is 65.7 Å². The normalized spacial score (nSPS) is 14.1. The summed E-state index contributed by atoms with van der Waals surface area (Å²) >= 11 is 0. The average Bonchev–Trinajstić information content (AvgIpc) is 3.49. The number of fused-ring (bicyclic) bond motifs is 1. The van der Waals surface area contributed by atoms with Crippen molar-refractivity contribution in [1.82, 2.24) is 15.0 Å². The van der Waals surface area contributed by atoms with Gasteiger partial charge in [-0.15, -0.1) is 0 Å². The van der Waals surface area contributed by atoms with Crippen molar-refractivity contribution < 1.29 is 22.5 Å². The largest absolute Gasteiger partial charge is 0.484 e. The molecule has 1 aliphatic rings. The number of anilines is 2. The predicted molar refractivity (Wildman–Crippen MR) is 149 cm³/mol. The Kier molecular flexibility index (Phi) is 7.49. The van der Waals surface area contributed by atoms with E-state index in [0.29, 0.717) is 49.9 Å². The number of nitrogens with one attached hydrogen (secondary N) is 2. The highest BCUT2D eigenvalue weighted by Gasteiger charge is 2.25. The van der Waals surface area contributed by atoms with Crippen molar-refractivity contribution in [2.45, 2.75) is 25.2 Å². The molecule has 1 saturated heterocycles. The molecule has 1 amide bonds. The summed E-state index contributed by atoms with van der Waals surface area (Å²) in [7, 11) is -3.81. The number of hydrogen-bond donors (Lipinski definition) is 3. The van der Waals surface area contributed by atoms with E-state index in [0.717, 1.165) is 28.6 Å². The Morgan fingerprint density at radius 2 is 1.87 bits per heavy atom. The molecule has 206 valence electrons. The Balaban J connectivity index is 1.13. The summed E-state index contributed by atoms with van der Waals surface area (Å²) < 4.78 is 38.9. The van der Waals surface area contributed by atoms with Gasteiger partial charge in [0.2, 0.25) is 0 Å². The third-order valence-corrected chi connectivity index (χ3v) is 8.49. The van der Waals surface area contributed by atoms with Crippen LogP contribution in [-0.2, 0) is 21.2 Å². The fraction of sp³-hybridized carbons (Fsp3) is 0.333. The quantitative estimate of drug-likeness (QED) is 0.287. The van der Waals surface area contributed by atoms with E-state index in [1.807, 2.05) is 36.5 Å². The molecule has 3 heterocycles. The molecule has 4 N–H and O–H groups in total. The van der Waals surface area contributed by atoms with E-state index >= 15 is 0 Å². The lowest BCUT2D eigenvalue weighted by molar-refractivity contribution is -0.133. The van der Waals surface area contributed by atoms with Gasteiger partial charge in [-0.25, -0.2) is 8.42 Å². The van der Waals surface area contributed by atoms with Gasteiger partial charge in [0.05, 0.1) is 0 Å². The zero-order valence-corrected chi connectivity index (χ0v) is 22.8. The molecule has 12 heteroatoms. The Morgan fingerprint density at radius 3 is 2.54 bits per heavy atom. The summed E-state index contributed by atoms with van der Waals surface area (Å²) in [6.45, 7) is 6.15. The molecule has 0 atom stereocenters. The van der Waals surface area contributed by atoms with Crippen LogP contribution in [0.5, 0.6) is 5.75 Å². The number of piperazine rings is 1. The Labute approximate surface area is 226 Å². The lowest BCUT2D eigenvalue weighted by Crippen LogP contribution is -2.50.